The first-order valence-corrected chi connectivity index (χ1v) is 11.5. The number of piperidine rings is 1. The number of halogens is 1. The van der Waals surface area contributed by atoms with E-state index in [0.717, 1.165) is 6.20 Å². The number of hydrogen-bond donors (Lipinski definition) is 0. The van der Waals surface area contributed by atoms with E-state index in [2.05, 4.69) is 27.4 Å². The minimum Gasteiger partial charge on any atom is -0.482 e. The third kappa shape index (κ3) is 4.38. The second-order valence-corrected chi connectivity index (χ2v) is 8.62. The van der Waals surface area contributed by atoms with Gasteiger partial charge in [-0.05, 0) is 30.0 Å². The molecule has 13 heteroatoms. The van der Waals surface area contributed by atoms with E-state index >= 15 is 0 Å². The fourth-order valence-corrected chi connectivity index (χ4v) is 4.50. The van der Waals surface area contributed by atoms with E-state index in [9.17, 15) is 19.8 Å². The zero-order chi connectivity index (χ0) is 26.1. The Balaban J connectivity index is 1.57. The predicted molar refractivity (Wildman–Crippen MR) is 126 cm³/mol. The van der Waals surface area contributed by atoms with Crippen LogP contribution in [0.2, 0.25) is 0 Å². The molecule has 1 fully saturated rings. The topological polar surface area (TPSA) is 151 Å². The third-order valence-corrected chi connectivity index (χ3v) is 6.37. The Bertz CT molecular complexity index is 1560. The Morgan fingerprint density at radius 3 is 2.65 bits per heavy atom. The molecular weight excluding hydrogens is 481 g/mol. The second kappa shape index (κ2) is 9.54. The summed E-state index contributed by atoms with van der Waals surface area (Å²) in [6.07, 6.45) is 8.06. The zero-order valence-electron chi connectivity index (χ0n) is 19.7. The predicted octanol–water partition coefficient (Wildman–Crippen LogP) is 3.77. The first kappa shape index (κ1) is 23.7. The number of nitro groups is 1. The monoisotopic (exact) mass is 501 g/mol. The summed E-state index contributed by atoms with van der Waals surface area (Å²) < 4.78 is 22.3. The van der Waals surface area contributed by atoms with Crippen LogP contribution >= 0.6 is 0 Å². The number of fused-ring (bicyclic) bond motifs is 1. The lowest BCUT2D eigenvalue weighted by Crippen LogP contribution is -2.31. The van der Waals surface area contributed by atoms with Crippen LogP contribution in [-0.2, 0) is 0 Å². The van der Waals surface area contributed by atoms with E-state index in [1.54, 1.807) is 24.1 Å². The maximum atomic E-state index is 13.3. The van der Waals surface area contributed by atoms with E-state index in [1.165, 1.54) is 33.7 Å². The Hall–Kier alpha value is -5.04. The quantitative estimate of drug-likeness (QED) is 0.218. The Labute approximate surface area is 209 Å². The minimum absolute atomic E-state index is 0.179. The van der Waals surface area contributed by atoms with Crippen molar-refractivity contribution in [3.05, 3.63) is 70.2 Å². The highest BCUT2D eigenvalue weighted by Gasteiger charge is 2.32. The lowest BCUT2D eigenvalue weighted by Gasteiger charge is -2.25. The molecule has 12 nitrogen and oxygen atoms in total. The van der Waals surface area contributed by atoms with E-state index in [1.807, 2.05) is 0 Å². The van der Waals surface area contributed by atoms with Gasteiger partial charge in [-0.1, -0.05) is 5.10 Å². The maximum absolute atomic E-state index is 13.3. The molecule has 5 rings (SSSR count). The van der Waals surface area contributed by atoms with E-state index in [0.29, 0.717) is 42.7 Å². The van der Waals surface area contributed by atoms with Crippen LogP contribution in [0.25, 0.3) is 16.6 Å². The first-order chi connectivity index (χ1) is 17.9. The molecular formula is C24H20FN9O3. The molecule has 0 aromatic carbocycles. The normalized spacial score (nSPS) is 14.8. The van der Waals surface area contributed by atoms with Crippen molar-refractivity contribution in [2.45, 2.75) is 31.9 Å². The molecule has 0 aliphatic carbocycles. The van der Waals surface area contributed by atoms with Crippen molar-refractivity contribution in [1.29, 1.82) is 10.5 Å². The molecule has 37 heavy (non-hydrogen) atoms. The lowest BCUT2D eigenvalue weighted by molar-refractivity contribution is -0.392. The Morgan fingerprint density at radius 1 is 1.22 bits per heavy atom. The SMILES string of the molecule is C[C@@H](Oc1cc(-c2cnn(C3CCN(C#N)CC3)c2[N+](=O)[O-])cn2ncc(C#N)c12)c1ccc(F)cn1. The highest BCUT2D eigenvalue weighted by atomic mass is 19.1. The highest BCUT2D eigenvalue weighted by molar-refractivity contribution is 5.78. The van der Waals surface area contributed by atoms with Gasteiger partial charge < -0.3 is 19.8 Å². The lowest BCUT2D eigenvalue weighted by atomic mass is 10.1. The van der Waals surface area contributed by atoms with Crippen molar-refractivity contribution in [2.75, 3.05) is 13.1 Å². The fraction of sp³-hybridized carbons (Fsp3) is 0.292. The number of nitrogens with zero attached hydrogens (tertiary/aromatic N) is 9. The van der Waals surface area contributed by atoms with Gasteiger partial charge in [0.15, 0.2) is 6.19 Å². The van der Waals surface area contributed by atoms with Crippen LogP contribution in [0.4, 0.5) is 10.2 Å². The number of likely N-dealkylation sites (tertiary alicyclic amines) is 1. The van der Waals surface area contributed by atoms with Crippen LogP contribution in [0, 0.1) is 38.7 Å². The van der Waals surface area contributed by atoms with Gasteiger partial charge in [0.1, 0.15) is 46.4 Å². The van der Waals surface area contributed by atoms with Crippen molar-refractivity contribution in [3.8, 4) is 29.1 Å². The van der Waals surface area contributed by atoms with Gasteiger partial charge in [-0.3, -0.25) is 4.98 Å². The van der Waals surface area contributed by atoms with E-state index < -0.39 is 16.8 Å². The van der Waals surface area contributed by atoms with Crippen molar-refractivity contribution in [2.24, 2.45) is 0 Å². The van der Waals surface area contributed by atoms with Gasteiger partial charge in [0.2, 0.25) is 0 Å². The third-order valence-electron chi connectivity index (χ3n) is 6.37. The van der Waals surface area contributed by atoms with Crippen molar-refractivity contribution >= 4 is 11.3 Å². The largest absolute Gasteiger partial charge is 0.482 e. The molecule has 5 heterocycles. The summed E-state index contributed by atoms with van der Waals surface area (Å²) in [5.41, 5.74) is 1.79. The number of nitriles is 2. The summed E-state index contributed by atoms with van der Waals surface area (Å²) in [5.74, 6) is -0.401. The second-order valence-electron chi connectivity index (χ2n) is 8.62. The summed E-state index contributed by atoms with van der Waals surface area (Å²) >= 11 is 0. The van der Waals surface area contributed by atoms with Crippen LogP contribution in [0.5, 0.6) is 5.75 Å². The molecule has 186 valence electrons. The van der Waals surface area contributed by atoms with Crippen molar-refractivity contribution in [3.63, 3.8) is 0 Å². The average molecular weight is 501 g/mol. The van der Waals surface area contributed by atoms with Crippen LogP contribution in [0.15, 0.2) is 43.0 Å². The Kier molecular flexibility index (Phi) is 6.11. The number of hydrogen-bond acceptors (Lipinski definition) is 9. The number of aromatic nitrogens is 5. The molecule has 0 saturated carbocycles. The van der Waals surface area contributed by atoms with Gasteiger partial charge in [0.05, 0.1) is 24.3 Å². The molecule has 4 aromatic rings. The molecule has 0 spiro atoms. The summed E-state index contributed by atoms with van der Waals surface area (Å²) in [6, 6.07) is 6.22. The van der Waals surface area contributed by atoms with Gasteiger partial charge in [-0.25, -0.2) is 8.91 Å². The van der Waals surface area contributed by atoms with Crippen LogP contribution < -0.4 is 4.74 Å². The molecule has 0 N–H and O–H groups in total. The summed E-state index contributed by atoms with van der Waals surface area (Å²) in [4.78, 5) is 17.4. The standard InChI is InChI=1S/C24H20FN9O3/c1-15(21-3-2-18(25)11-28-21)37-22-8-16(13-32-23(22)17(9-26)10-29-32)20-12-30-33(24(20)34(35)36)19-4-6-31(14-27)7-5-19/h2-3,8,10-13,15,19H,4-7H2,1H3/t15-/m1/s1. The van der Waals surface area contributed by atoms with Gasteiger partial charge in [0.25, 0.3) is 0 Å². The molecule has 1 aliphatic heterocycles. The van der Waals surface area contributed by atoms with Gasteiger partial charge >= 0.3 is 5.82 Å². The smallest absolute Gasteiger partial charge is 0.353 e. The van der Waals surface area contributed by atoms with Crippen LogP contribution in [-0.4, -0.2) is 47.3 Å². The number of rotatable bonds is 6. The van der Waals surface area contributed by atoms with Crippen molar-refractivity contribution in [1.82, 2.24) is 29.3 Å². The minimum atomic E-state index is -0.621. The summed E-state index contributed by atoms with van der Waals surface area (Å²) in [6.45, 7) is 2.72. The van der Waals surface area contributed by atoms with Crippen molar-refractivity contribution < 1.29 is 14.1 Å². The fourth-order valence-electron chi connectivity index (χ4n) is 4.50. The maximum Gasteiger partial charge on any atom is 0.353 e. The molecule has 0 bridgehead atoms. The van der Waals surface area contributed by atoms with Gasteiger partial charge in [-0.2, -0.15) is 15.6 Å². The van der Waals surface area contributed by atoms with Crippen LogP contribution in [0.3, 0.4) is 0 Å². The average Bonchev–Trinajstić information content (AvgIpc) is 3.54. The molecule has 0 amide bonds. The molecule has 0 radical (unpaired) electrons. The van der Waals surface area contributed by atoms with Crippen LogP contribution in [0.1, 0.15) is 43.2 Å². The molecule has 1 aliphatic rings. The van der Waals surface area contributed by atoms with Gasteiger partial charge in [-0.15, -0.1) is 4.68 Å². The zero-order valence-corrected chi connectivity index (χ0v) is 19.7. The van der Waals surface area contributed by atoms with Gasteiger partial charge in [0, 0.05) is 37.7 Å². The highest BCUT2D eigenvalue weighted by Crippen LogP contribution is 2.38. The number of pyridine rings is 2. The van der Waals surface area contributed by atoms with E-state index in [4.69, 9.17) is 10.00 Å². The Morgan fingerprint density at radius 2 is 2.00 bits per heavy atom. The summed E-state index contributed by atoms with van der Waals surface area (Å²) in [7, 11) is 0. The molecule has 4 aromatic heterocycles. The molecule has 1 atom stereocenters. The van der Waals surface area contributed by atoms with E-state index in [-0.39, 0.29) is 28.7 Å². The first-order valence-electron chi connectivity index (χ1n) is 11.5. The number of ether oxygens (including phenoxy) is 1. The molecule has 1 saturated heterocycles. The summed E-state index contributed by atoms with van der Waals surface area (Å²) in [5, 5.41) is 39.4. The molecule has 0 unspecified atom stereocenters.